The van der Waals surface area contributed by atoms with E-state index in [2.05, 4.69) is 4.72 Å². The van der Waals surface area contributed by atoms with Crippen molar-refractivity contribution in [1.29, 1.82) is 0 Å². The van der Waals surface area contributed by atoms with Crippen LogP contribution in [0, 0.1) is 5.92 Å². The number of hydrogen-bond donors (Lipinski definition) is 2. The van der Waals surface area contributed by atoms with Crippen molar-refractivity contribution in [3.05, 3.63) is 23.8 Å². The molecule has 7 heteroatoms. The monoisotopic (exact) mass is 310 g/mol. The molecular formula is C14H18N2O4S. The highest BCUT2D eigenvalue weighted by molar-refractivity contribution is 7.89. The summed E-state index contributed by atoms with van der Waals surface area (Å²) in [6.45, 7) is 0.343. The third kappa shape index (κ3) is 2.68. The van der Waals surface area contributed by atoms with E-state index in [9.17, 15) is 18.3 Å². The van der Waals surface area contributed by atoms with Gasteiger partial charge in [0.15, 0.2) is 0 Å². The summed E-state index contributed by atoms with van der Waals surface area (Å²) >= 11 is 0. The molecule has 6 nitrogen and oxygen atoms in total. The zero-order chi connectivity index (χ0) is 15.2. The summed E-state index contributed by atoms with van der Waals surface area (Å²) < 4.78 is 27.1. The van der Waals surface area contributed by atoms with Crippen LogP contribution in [0.25, 0.3) is 0 Å². The SMILES string of the molecule is CN1C(=O)Cc2cc(S(=O)(=O)NCC3CC(O)C3)ccc21. The molecule has 0 spiro atoms. The highest BCUT2D eigenvalue weighted by Crippen LogP contribution is 2.30. The number of aliphatic hydroxyl groups excluding tert-OH is 1. The molecule has 0 aromatic heterocycles. The molecule has 3 rings (SSSR count). The van der Waals surface area contributed by atoms with Crippen LogP contribution < -0.4 is 9.62 Å². The van der Waals surface area contributed by atoms with Crippen LogP contribution in [0.2, 0.25) is 0 Å². The number of hydrogen-bond acceptors (Lipinski definition) is 4. The quantitative estimate of drug-likeness (QED) is 0.835. The number of nitrogens with one attached hydrogen (secondary N) is 1. The van der Waals surface area contributed by atoms with Gasteiger partial charge in [-0.15, -0.1) is 0 Å². The number of nitrogens with zero attached hydrogens (tertiary/aromatic N) is 1. The molecule has 0 bridgehead atoms. The second-order valence-corrected chi connectivity index (χ2v) is 7.53. The number of carbonyl (C=O) groups excluding carboxylic acids is 1. The maximum Gasteiger partial charge on any atom is 0.240 e. The van der Waals surface area contributed by atoms with Gasteiger partial charge in [-0.25, -0.2) is 13.1 Å². The molecule has 1 aliphatic carbocycles. The lowest BCUT2D eigenvalue weighted by molar-refractivity contribution is -0.117. The molecule has 1 aliphatic heterocycles. The molecule has 1 aromatic carbocycles. The van der Waals surface area contributed by atoms with E-state index < -0.39 is 10.0 Å². The summed E-state index contributed by atoms with van der Waals surface area (Å²) in [5.74, 6) is 0.174. The van der Waals surface area contributed by atoms with Crippen LogP contribution in [0.1, 0.15) is 18.4 Å². The minimum Gasteiger partial charge on any atom is -0.393 e. The molecule has 1 saturated carbocycles. The lowest BCUT2D eigenvalue weighted by Crippen LogP contribution is -2.38. The molecule has 0 unspecified atom stereocenters. The third-order valence-corrected chi connectivity index (χ3v) is 5.63. The van der Waals surface area contributed by atoms with E-state index in [1.54, 1.807) is 19.2 Å². The Morgan fingerprint density at radius 2 is 2.10 bits per heavy atom. The van der Waals surface area contributed by atoms with Crippen LogP contribution in [0.15, 0.2) is 23.1 Å². The average Bonchev–Trinajstić information content (AvgIpc) is 2.68. The van der Waals surface area contributed by atoms with Crippen LogP contribution in [0.3, 0.4) is 0 Å². The number of anilines is 1. The molecule has 0 saturated heterocycles. The number of benzene rings is 1. The number of likely N-dealkylation sites (N-methyl/N-ethyl adjacent to an activating group) is 1. The molecular weight excluding hydrogens is 292 g/mol. The van der Waals surface area contributed by atoms with Crippen LogP contribution in [-0.2, 0) is 21.2 Å². The Hall–Kier alpha value is -1.44. The Morgan fingerprint density at radius 3 is 2.76 bits per heavy atom. The first-order valence-electron chi connectivity index (χ1n) is 6.94. The second-order valence-electron chi connectivity index (χ2n) is 5.76. The van der Waals surface area contributed by atoms with Crippen LogP contribution in [-0.4, -0.2) is 39.1 Å². The number of fused-ring (bicyclic) bond motifs is 1. The van der Waals surface area contributed by atoms with Crippen molar-refractivity contribution in [2.24, 2.45) is 5.92 Å². The Kier molecular flexibility index (Phi) is 3.51. The normalized spacial score (nSPS) is 24.9. The van der Waals surface area contributed by atoms with Gasteiger partial charge in [-0.3, -0.25) is 4.79 Å². The van der Waals surface area contributed by atoms with E-state index in [-0.39, 0.29) is 29.2 Å². The van der Waals surface area contributed by atoms with Crippen molar-refractivity contribution in [3.63, 3.8) is 0 Å². The largest absolute Gasteiger partial charge is 0.393 e. The predicted octanol–water partition coefficient (Wildman–Crippen LogP) is 0.255. The predicted molar refractivity (Wildman–Crippen MR) is 77.5 cm³/mol. The minimum atomic E-state index is -3.57. The summed E-state index contributed by atoms with van der Waals surface area (Å²) in [6.07, 6.45) is 1.24. The fourth-order valence-electron chi connectivity index (χ4n) is 2.79. The maximum absolute atomic E-state index is 12.2. The third-order valence-electron chi connectivity index (χ3n) is 4.21. The highest BCUT2D eigenvalue weighted by atomic mass is 32.2. The molecule has 114 valence electrons. The first-order chi connectivity index (χ1) is 9.87. The molecule has 1 heterocycles. The topological polar surface area (TPSA) is 86.7 Å². The standard InChI is InChI=1S/C14H18N2O4S/c1-16-13-3-2-12(6-10(13)7-14(16)18)21(19,20)15-8-9-4-11(17)5-9/h2-3,6,9,11,15,17H,4-5,7-8H2,1H3. The van der Waals surface area contributed by atoms with E-state index in [1.807, 2.05) is 0 Å². The summed E-state index contributed by atoms with van der Waals surface area (Å²) in [5.41, 5.74) is 1.51. The molecule has 2 N–H and O–H groups in total. The van der Waals surface area contributed by atoms with Gasteiger partial charge in [0.2, 0.25) is 15.9 Å². The molecule has 21 heavy (non-hydrogen) atoms. The average molecular weight is 310 g/mol. The number of aliphatic hydroxyl groups is 1. The molecule has 1 aromatic rings. The number of amides is 1. The van der Waals surface area contributed by atoms with Gasteiger partial charge >= 0.3 is 0 Å². The van der Waals surface area contributed by atoms with Crippen LogP contribution >= 0.6 is 0 Å². The van der Waals surface area contributed by atoms with Crippen molar-refractivity contribution in [3.8, 4) is 0 Å². The zero-order valence-corrected chi connectivity index (χ0v) is 12.6. The molecule has 0 radical (unpaired) electrons. The number of rotatable bonds is 4. The molecule has 0 atom stereocenters. The Morgan fingerprint density at radius 1 is 1.38 bits per heavy atom. The van der Waals surface area contributed by atoms with Crippen molar-refractivity contribution in [2.75, 3.05) is 18.5 Å². The summed E-state index contributed by atoms with van der Waals surface area (Å²) in [6, 6.07) is 4.75. The Balaban J connectivity index is 1.74. The highest BCUT2D eigenvalue weighted by Gasteiger charge is 2.29. The first kappa shape index (κ1) is 14.5. The minimum absolute atomic E-state index is 0.0315. The van der Waals surface area contributed by atoms with E-state index in [4.69, 9.17) is 0 Å². The molecule has 1 fully saturated rings. The van der Waals surface area contributed by atoms with Gasteiger partial charge in [0, 0.05) is 19.3 Å². The lowest BCUT2D eigenvalue weighted by atomic mass is 9.83. The summed E-state index contributed by atoms with van der Waals surface area (Å²) in [5, 5.41) is 9.21. The first-order valence-corrected chi connectivity index (χ1v) is 8.42. The second kappa shape index (κ2) is 5.08. The van der Waals surface area contributed by atoms with Gasteiger partial charge in [0.1, 0.15) is 0 Å². The van der Waals surface area contributed by atoms with Gasteiger partial charge in [-0.1, -0.05) is 0 Å². The number of carbonyl (C=O) groups is 1. The molecule has 1 amide bonds. The van der Waals surface area contributed by atoms with Gasteiger partial charge in [-0.05, 0) is 42.5 Å². The summed E-state index contributed by atoms with van der Waals surface area (Å²) in [4.78, 5) is 13.3. The summed E-state index contributed by atoms with van der Waals surface area (Å²) in [7, 11) is -1.88. The van der Waals surface area contributed by atoms with Gasteiger partial charge < -0.3 is 10.0 Å². The van der Waals surface area contributed by atoms with E-state index in [0.29, 0.717) is 19.4 Å². The fraction of sp³-hybridized carbons (Fsp3) is 0.500. The Bertz CT molecular complexity index is 680. The fourth-order valence-corrected chi connectivity index (χ4v) is 3.96. The van der Waals surface area contributed by atoms with Gasteiger partial charge in [0.05, 0.1) is 17.4 Å². The Labute approximate surface area is 123 Å². The van der Waals surface area contributed by atoms with E-state index in [0.717, 1.165) is 11.3 Å². The van der Waals surface area contributed by atoms with Gasteiger partial charge in [0.25, 0.3) is 0 Å². The van der Waals surface area contributed by atoms with E-state index in [1.165, 1.54) is 11.0 Å². The number of sulfonamides is 1. The van der Waals surface area contributed by atoms with Crippen molar-refractivity contribution in [1.82, 2.24) is 4.72 Å². The van der Waals surface area contributed by atoms with Crippen molar-refractivity contribution >= 4 is 21.6 Å². The van der Waals surface area contributed by atoms with Crippen molar-refractivity contribution < 1.29 is 18.3 Å². The lowest BCUT2D eigenvalue weighted by Gasteiger charge is -2.31. The maximum atomic E-state index is 12.2. The zero-order valence-electron chi connectivity index (χ0n) is 11.7. The van der Waals surface area contributed by atoms with Crippen LogP contribution in [0.5, 0.6) is 0 Å². The van der Waals surface area contributed by atoms with Crippen molar-refractivity contribution in [2.45, 2.75) is 30.3 Å². The smallest absolute Gasteiger partial charge is 0.240 e. The van der Waals surface area contributed by atoms with Gasteiger partial charge in [-0.2, -0.15) is 0 Å². The van der Waals surface area contributed by atoms with Crippen LogP contribution in [0.4, 0.5) is 5.69 Å². The van der Waals surface area contributed by atoms with E-state index >= 15 is 0 Å². The molecule has 2 aliphatic rings.